The lowest BCUT2D eigenvalue weighted by atomic mass is 9.89. The first-order valence-electron chi connectivity index (χ1n) is 5.78. The zero-order valence-electron chi connectivity index (χ0n) is 9.31. The summed E-state index contributed by atoms with van der Waals surface area (Å²) in [4.78, 5) is 12.4. The summed E-state index contributed by atoms with van der Waals surface area (Å²) in [5, 5.41) is 0. The van der Waals surface area contributed by atoms with E-state index in [1.54, 1.807) is 0 Å². The van der Waals surface area contributed by atoms with Gasteiger partial charge in [-0.3, -0.25) is 4.79 Å². The number of carbonyl (C=O) groups excluding carboxylic acids is 1. The average Bonchev–Trinajstić information content (AvgIpc) is 2.97. The third-order valence-electron chi connectivity index (χ3n) is 3.92. The molecule has 1 saturated heterocycles. The van der Waals surface area contributed by atoms with E-state index in [1.807, 2.05) is 6.92 Å². The van der Waals surface area contributed by atoms with Crippen LogP contribution in [-0.4, -0.2) is 29.1 Å². The highest BCUT2D eigenvalue weighted by Crippen LogP contribution is 2.50. The van der Waals surface area contributed by atoms with Crippen molar-refractivity contribution in [1.82, 2.24) is 4.90 Å². The predicted octanol–water partition coefficient (Wildman–Crippen LogP) is 2.73. The molecule has 0 aromatic carbocycles. The summed E-state index contributed by atoms with van der Waals surface area (Å²) >= 11 is 0. The van der Waals surface area contributed by atoms with Gasteiger partial charge in [0.25, 0.3) is 0 Å². The Morgan fingerprint density at radius 1 is 1.38 bits per heavy atom. The van der Waals surface area contributed by atoms with Gasteiger partial charge < -0.3 is 4.90 Å². The number of rotatable bonds is 1. The molecule has 5 heteroatoms. The molecule has 1 atom stereocenters. The van der Waals surface area contributed by atoms with Crippen molar-refractivity contribution in [2.75, 3.05) is 6.54 Å². The van der Waals surface area contributed by atoms with E-state index >= 15 is 0 Å². The van der Waals surface area contributed by atoms with Crippen LogP contribution in [0.15, 0.2) is 0 Å². The third kappa shape index (κ3) is 1.92. The number of piperidine rings is 1. The molecular weight excluding hydrogens is 219 g/mol. The molecule has 0 aromatic heterocycles. The van der Waals surface area contributed by atoms with Crippen molar-refractivity contribution in [2.45, 2.75) is 50.7 Å². The summed E-state index contributed by atoms with van der Waals surface area (Å²) in [5.74, 6) is -1.40. The molecule has 0 radical (unpaired) electrons. The Bertz CT molecular complexity index is 296. The molecule has 2 rings (SSSR count). The van der Waals surface area contributed by atoms with Crippen molar-refractivity contribution >= 4 is 5.91 Å². The Morgan fingerprint density at radius 3 is 2.44 bits per heavy atom. The maximum Gasteiger partial charge on any atom is 0.471 e. The summed E-state index contributed by atoms with van der Waals surface area (Å²) in [6.07, 6.45) is -0.690. The van der Waals surface area contributed by atoms with Gasteiger partial charge in [-0.05, 0) is 31.6 Å². The summed E-state index contributed by atoms with van der Waals surface area (Å²) in [7, 11) is 0. The smallest absolute Gasteiger partial charge is 0.329 e. The van der Waals surface area contributed by atoms with Gasteiger partial charge in [0.15, 0.2) is 0 Å². The highest BCUT2D eigenvalue weighted by Gasteiger charge is 2.57. The second-order valence-corrected chi connectivity index (χ2v) is 4.95. The second kappa shape index (κ2) is 3.64. The molecule has 0 bridgehead atoms. The standard InChI is InChI=1S/C11H16F3NO/c1-2-8-3-4-10(5-6-10)15(7-8)9(16)11(12,13)14/h8H,2-7H2,1H3/t8-/m0/s1. The van der Waals surface area contributed by atoms with Crippen LogP contribution in [0.1, 0.15) is 39.0 Å². The second-order valence-electron chi connectivity index (χ2n) is 4.95. The Hall–Kier alpha value is -0.740. The molecule has 1 amide bonds. The maximum absolute atomic E-state index is 12.4. The van der Waals surface area contributed by atoms with Crippen molar-refractivity contribution in [3.63, 3.8) is 0 Å². The molecule has 2 fully saturated rings. The lowest BCUT2D eigenvalue weighted by Gasteiger charge is -2.40. The minimum absolute atomic E-state index is 0.234. The molecule has 16 heavy (non-hydrogen) atoms. The quantitative estimate of drug-likeness (QED) is 0.684. The van der Waals surface area contributed by atoms with E-state index in [2.05, 4.69) is 0 Å². The van der Waals surface area contributed by atoms with Gasteiger partial charge >= 0.3 is 12.1 Å². The largest absolute Gasteiger partial charge is 0.471 e. The third-order valence-corrected chi connectivity index (χ3v) is 3.92. The van der Waals surface area contributed by atoms with Gasteiger partial charge in [0.05, 0.1) is 0 Å². The van der Waals surface area contributed by atoms with Gasteiger partial charge in [0.1, 0.15) is 0 Å². The van der Waals surface area contributed by atoms with Gasteiger partial charge in [0.2, 0.25) is 0 Å². The minimum Gasteiger partial charge on any atom is -0.329 e. The van der Waals surface area contributed by atoms with E-state index in [-0.39, 0.29) is 12.5 Å². The Labute approximate surface area is 92.8 Å². The monoisotopic (exact) mass is 235 g/mol. The van der Waals surface area contributed by atoms with E-state index in [0.717, 1.165) is 37.0 Å². The predicted molar refractivity (Wildman–Crippen MR) is 52.7 cm³/mol. The van der Waals surface area contributed by atoms with Crippen LogP contribution in [0.4, 0.5) is 13.2 Å². The first-order valence-corrected chi connectivity index (χ1v) is 5.78. The molecule has 92 valence electrons. The highest BCUT2D eigenvalue weighted by molar-refractivity contribution is 5.83. The normalized spacial score (nSPS) is 28.2. The fourth-order valence-corrected chi connectivity index (χ4v) is 2.60. The zero-order chi connectivity index (χ0) is 12.0. The fourth-order valence-electron chi connectivity index (χ4n) is 2.60. The minimum atomic E-state index is -4.72. The molecular formula is C11H16F3NO. The van der Waals surface area contributed by atoms with Crippen LogP contribution >= 0.6 is 0 Å². The van der Waals surface area contributed by atoms with Crippen LogP contribution in [-0.2, 0) is 4.79 Å². The molecule has 2 aliphatic rings. The number of halogens is 3. The van der Waals surface area contributed by atoms with Gasteiger partial charge in [-0.15, -0.1) is 0 Å². The SMILES string of the molecule is CC[C@H]1CCC2(CC2)N(C(=O)C(F)(F)F)C1. The molecule has 0 aromatic rings. The Balaban J connectivity index is 2.13. The Kier molecular flexibility index (Phi) is 2.67. The van der Waals surface area contributed by atoms with Gasteiger partial charge in [-0.25, -0.2) is 0 Å². The van der Waals surface area contributed by atoms with E-state index in [9.17, 15) is 18.0 Å². The molecule has 2 nitrogen and oxygen atoms in total. The van der Waals surface area contributed by atoms with Crippen molar-refractivity contribution in [2.24, 2.45) is 5.92 Å². The van der Waals surface area contributed by atoms with Crippen molar-refractivity contribution in [3.05, 3.63) is 0 Å². The number of carbonyl (C=O) groups is 1. The first-order chi connectivity index (χ1) is 7.39. The summed E-state index contributed by atoms with van der Waals surface area (Å²) < 4.78 is 37.3. The fraction of sp³-hybridized carbons (Fsp3) is 0.909. The van der Waals surface area contributed by atoms with E-state index in [0.29, 0.717) is 0 Å². The van der Waals surface area contributed by atoms with Gasteiger partial charge in [-0.1, -0.05) is 13.3 Å². The molecule has 0 unspecified atom stereocenters. The lowest BCUT2D eigenvalue weighted by molar-refractivity contribution is -0.191. The van der Waals surface area contributed by atoms with Crippen LogP contribution in [0, 0.1) is 5.92 Å². The van der Waals surface area contributed by atoms with Crippen LogP contribution in [0.2, 0.25) is 0 Å². The number of nitrogens with zero attached hydrogens (tertiary/aromatic N) is 1. The van der Waals surface area contributed by atoms with E-state index < -0.39 is 17.6 Å². The highest BCUT2D eigenvalue weighted by atomic mass is 19.4. The van der Waals surface area contributed by atoms with E-state index in [1.165, 1.54) is 0 Å². The number of hydrogen-bond donors (Lipinski definition) is 0. The number of alkyl halides is 3. The van der Waals surface area contributed by atoms with Crippen molar-refractivity contribution in [3.8, 4) is 0 Å². The van der Waals surface area contributed by atoms with E-state index in [4.69, 9.17) is 0 Å². The molecule has 1 saturated carbocycles. The van der Waals surface area contributed by atoms with Crippen LogP contribution in [0.25, 0.3) is 0 Å². The van der Waals surface area contributed by atoms with Gasteiger partial charge in [0, 0.05) is 12.1 Å². The zero-order valence-corrected chi connectivity index (χ0v) is 9.31. The van der Waals surface area contributed by atoms with Crippen molar-refractivity contribution < 1.29 is 18.0 Å². The maximum atomic E-state index is 12.4. The van der Waals surface area contributed by atoms with Crippen LogP contribution in [0.5, 0.6) is 0 Å². The molecule has 1 aliphatic heterocycles. The Morgan fingerprint density at radius 2 is 2.00 bits per heavy atom. The summed E-state index contributed by atoms with van der Waals surface area (Å²) in [6.45, 7) is 2.25. The van der Waals surface area contributed by atoms with Gasteiger partial charge in [-0.2, -0.15) is 13.2 Å². The molecule has 1 aliphatic carbocycles. The number of likely N-dealkylation sites (tertiary alicyclic amines) is 1. The molecule has 1 heterocycles. The number of hydrogen-bond acceptors (Lipinski definition) is 1. The van der Waals surface area contributed by atoms with Crippen molar-refractivity contribution in [1.29, 1.82) is 0 Å². The molecule has 1 spiro atoms. The first kappa shape index (κ1) is 11.7. The summed E-state index contributed by atoms with van der Waals surface area (Å²) in [6, 6.07) is 0. The number of amides is 1. The average molecular weight is 235 g/mol. The summed E-state index contributed by atoms with van der Waals surface area (Å²) in [5.41, 5.74) is -0.432. The topological polar surface area (TPSA) is 20.3 Å². The van der Waals surface area contributed by atoms with Crippen LogP contribution in [0.3, 0.4) is 0 Å². The lowest BCUT2D eigenvalue weighted by Crippen LogP contribution is -2.53. The molecule has 0 N–H and O–H groups in total. The van der Waals surface area contributed by atoms with Crippen LogP contribution < -0.4 is 0 Å².